The first-order valence-electron chi connectivity index (χ1n) is 5.23. The maximum absolute atomic E-state index is 11.7. The molecular weight excluding hydrogens is 190 g/mol. The minimum Gasteiger partial charge on any atom is -0.508 e. The number of carbonyl (C=O) groups is 1. The number of carbonyl (C=O) groups excluding carboxylic acids is 1. The summed E-state index contributed by atoms with van der Waals surface area (Å²) in [5, 5.41) is 12.0. The van der Waals surface area contributed by atoms with Crippen molar-refractivity contribution in [3.8, 4) is 5.75 Å². The monoisotopic (exact) mass is 207 g/mol. The number of hydrogen-bond acceptors (Lipinski definition) is 2. The smallest absolute Gasteiger partial charge is 0.251 e. The highest BCUT2D eigenvalue weighted by Crippen LogP contribution is 2.15. The van der Waals surface area contributed by atoms with E-state index in [9.17, 15) is 9.90 Å². The Labute approximate surface area is 90.1 Å². The van der Waals surface area contributed by atoms with Crippen LogP contribution >= 0.6 is 0 Å². The number of rotatable bonds is 4. The van der Waals surface area contributed by atoms with Gasteiger partial charge in [-0.25, -0.2) is 0 Å². The lowest BCUT2D eigenvalue weighted by molar-refractivity contribution is 0.0952. The van der Waals surface area contributed by atoms with Crippen molar-refractivity contribution in [1.29, 1.82) is 0 Å². The third-order valence-corrected chi connectivity index (χ3v) is 2.27. The van der Waals surface area contributed by atoms with Crippen molar-refractivity contribution in [1.82, 2.24) is 5.32 Å². The first-order valence-corrected chi connectivity index (χ1v) is 5.23. The number of aromatic hydroxyl groups is 1. The van der Waals surface area contributed by atoms with Gasteiger partial charge >= 0.3 is 0 Å². The van der Waals surface area contributed by atoms with Crippen LogP contribution in [0.15, 0.2) is 18.2 Å². The second kappa shape index (κ2) is 5.39. The van der Waals surface area contributed by atoms with Gasteiger partial charge in [0, 0.05) is 12.1 Å². The molecule has 0 saturated heterocycles. The molecule has 1 aromatic carbocycles. The van der Waals surface area contributed by atoms with Gasteiger partial charge in [-0.05, 0) is 37.1 Å². The Kier molecular flexibility index (Phi) is 4.16. The zero-order valence-electron chi connectivity index (χ0n) is 9.21. The van der Waals surface area contributed by atoms with E-state index in [1.54, 1.807) is 12.1 Å². The van der Waals surface area contributed by atoms with Crippen LogP contribution in [0.2, 0.25) is 0 Å². The summed E-state index contributed by atoms with van der Waals surface area (Å²) in [6.45, 7) is 4.60. The van der Waals surface area contributed by atoms with E-state index in [1.807, 2.05) is 6.92 Å². The molecule has 82 valence electrons. The minimum absolute atomic E-state index is 0.0686. The fraction of sp³-hybridized carbons (Fsp3) is 0.417. The number of aryl methyl sites for hydroxylation is 1. The first kappa shape index (κ1) is 11.6. The van der Waals surface area contributed by atoms with Gasteiger partial charge in [-0.3, -0.25) is 4.79 Å². The molecule has 0 unspecified atom stereocenters. The van der Waals surface area contributed by atoms with E-state index in [0.29, 0.717) is 12.1 Å². The fourth-order valence-electron chi connectivity index (χ4n) is 1.38. The summed E-state index contributed by atoms with van der Waals surface area (Å²) < 4.78 is 0. The SMILES string of the molecule is CCCCNC(=O)c1ccc(O)cc1C. The molecule has 0 aliphatic rings. The Bertz CT molecular complexity index is 347. The molecule has 1 rings (SSSR count). The summed E-state index contributed by atoms with van der Waals surface area (Å²) in [7, 11) is 0. The van der Waals surface area contributed by atoms with E-state index in [2.05, 4.69) is 12.2 Å². The lowest BCUT2D eigenvalue weighted by Crippen LogP contribution is -2.24. The van der Waals surface area contributed by atoms with Crippen LogP contribution in [-0.4, -0.2) is 17.6 Å². The number of phenolic OH excluding ortho intramolecular Hbond substituents is 1. The second-order valence-corrected chi connectivity index (χ2v) is 3.61. The molecule has 1 aromatic rings. The summed E-state index contributed by atoms with van der Waals surface area (Å²) in [6, 6.07) is 4.77. The summed E-state index contributed by atoms with van der Waals surface area (Å²) in [5.41, 5.74) is 1.42. The van der Waals surface area contributed by atoms with Crippen molar-refractivity contribution in [3.05, 3.63) is 29.3 Å². The fourth-order valence-corrected chi connectivity index (χ4v) is 1.38. The topological polar surface area (TPSA) is 49.3 Å². The maximum atomic E-state index is 11.7. The van der Waals surface area contributed by atoms with Crippen LogP contribution in [0.5, 0.6) is 5.75 Å². The van der Waals surface area contributed by atoms with Gasteiger partial charge in [0.15, 0.2) is 0 Å². The molecule has 0 saturated carbocycles. The van der Waals surface area contributed by atoms with Gasteiger partial charge in [-0.2, -0.15) is 0 Å². The maximum Gasteiger partial charge on any atom is 0.251 e. The zero-order valence-corrected chi connectivity index (χ0v) is 9.21. The van der Waals surface area contributed by atoms with Gasteiger partial charge < -0.3 is 10.4 Å². The first-order chi connectivity index (χ1) is 7.15. The molecule has 0 aromatic heterocycles. The van der Waals surface area contributed by atoms with Crippen molar-refractivity contribution in [2.75, 3.05) is 6.54 Å². The van der Waals surface area contributed by atoms with E-state index >= 15 is 0 Å². The van der Waals surface area contributed by atoms with Crippen molar-refractivity contribution >= 4 is 5.91 Å². The molecule has 0 bridgehead atoms. The lowest BCUT2D eigenvalue weighted by atomic mass is 10.1. The van der Waals surface area contributed by atoms with Crippen molar-refractivity contribution in [2.45, 2.75) is 26.7 Å². The van der Waals surface area contributed by atoms with Crippen molar-refractivity contribution < 1.29 is 9.90 Å². The van der Waals surface area contributed by atoms with Crippen LogP contribution in [0.4, 0.5) is 0 Å². The molecule has 3 heteroatoms. The summed E-state index contributed by atoms with van der Waals surface area (Å²) in [6.07, 6.45) is 2.05. The zero-order chi connectivity index (χ0) is 11.3. The van der Waals surface area contributed by atoms with E-state index in [0.717, 1.165) is 18.4 Å². The number of phenols is 1. The molecule has 0 atom stereocenters. The van der Waals surface area contributed by atoms with Gasteiger partial charge in [0.25, 0.3) is 5.91 Å². The molecule has 0 fully saturated rings. The number of hydrogen-bond donors (Lipinski definition) is 2. The third kappa shape index (κ3) is 3.27. The largest absolute Gasteiger partial charge is 0.508 e. The molecule has 15 heavy (non-hydrogen) atoms. The van der Waals surface area contributed by atoms with Crippen LogP contribution in [0, 0.1) is 6.92 Å². The van der Waals surface area contributed by atoms with E-state index in [1.165, 1.54) is 6.07 Å². The Morgan fingerprint density at radius 1 is 1.47 bits per heavy atom. The van der Waals surface area contributed by atoms with Gasteiger partial charge in [-0.1, -0.05) is 13.3 Å². The van der Waals surface area contributed by atoms with E-state index in [4.69, 9.17) is 0 Å². The van der Waals surface area contributed by atoms with E-state index < -0.39 is 0 Å². The van der Waals surface area contributed by atoms with Gasteiger partial charge in [0.1, 0.15) is 5.75 Å². The molecule has 0 aliphatic heterocycles. The predicted molar refractivity (Wildman–Crippen MR) is 60.1 cm³/mol. The van der Waals surface area contributed by atoms with E-state index in [-0.39, 0.29) is 11.7 Å². The number of benzene rings is 1. The average molecular weight is 207 g/mol. The van der Waals surface area contributed by atoms with Crippen molar-refractivity contribution in [3.63, 3.8) is 0 Å². The van der Waals surface area contributed by atoms with Gasteiger partial charge in [0.2, 0.25) is 0 Å². The molecule has 0 heterocycles. The molecule has 0 aliphatic carbocycles. The minimum atomic E-state index is -0.0686. The standard InChI is InChI=1S/C12H17NO2/c1-3-4-7-13-12(15)11-6-5-10(14)8-9(11)2/h5-6,8,14H,3-4,7H2,1-2H3,(H,13,15). The summed E-state index contributed by atoms with van der Waals surface area (Å²) in [5.74, 6) is 0.124. The Morgan fingerprint density at radius 3 is 2.80 bits per heavy atom. The van der Waals surface area contributed by atoms with Crippen LogP contribution in [-0.2, 0) is 0 Å². The molecule has 0 spiro atoms. The highest BCUT2D eigenvalue weighted by atomic mass is 16.3. The Morgan fingerprint density at radius 2 is 2.20 bits per heavy atom. The molecular formula is C12H17NO2. The number of nitrogens with one attached hydrogen (secondary N) is 1. The van der Waals surface area contributed by atoms with Crippen LogP contribution in [0.1, 0.15) is 35.7 Å². The molecule has 0 radical (unpaired) electrons. The van der Waals surface area contributed by atoms with Gasteiger partial charge in [-0.15, -0.1) is 0 Å². The van der Waals surface area contributed by atoms with Gasteiger partial charge in [0.05, 0.1) is 0 Å². The molecule has 1 amide bonds. The quantitative estimate of drug-likeness (QED) is 0.744. The van der Waals surface area contributed by atoms with Crippen LogP contribution in [0.3, 0.4) is 0 Å². The van der Waals surface area contributed by atoms with Crippen LogP contribution < -0.4 is 5.32 Å². The molecule has 2 N–H and O–H groups in total. The van der Waals surface area contributed by atoms with Crippen molar-refractivity contribution in [2.24, 2.45) is 0 Å². The van der Waals surface area contributed by atoms with Crippen LogP contribution in [0.25, 0.3) is 0 Å². The third-order valence-electron chi connectivity index (χ3n) is 2.27. The number of amides is 1. The highest BCUT2D eigenvalue weighted by Gasteiger charge is 2.07. The second-order valence-electron chi connectivity index (χ2n) is 3.61. The molecule has 3 nitrogen and oxygen atoms in total. The number of unbranched alkanes of at least 4 members (excludes halogenated alkanes) is 1. The Hall–Kier alpha value is -1.51. The summed E-state index contributed by atoms with van der Waals surface area (Å²) >= 11 is 0. The normalized spacial score (nSPS) is 10.0. The predicted octanol–water partition coefficient (Wildman–Crippen LogP) is 2.23. The average Bonchev–Trinajstić information content (AvgIpc) is 2.17. The highest BCUT2D eigenvalue weighted by molar-refractivity contribution is 5.95. The lowest BCUT2D eigenvalue weighted by Gasteiger charge is -2.07. The Balaban J connectivity index is 2.65. The summed E-state index contributed by atoms with van der Waals surface area (Å²) in [4.78, 5) is 11.7.